The summed E-state index contributed by atoms with van der Waals surface area (Å²) in [5.41, 5.74) is 1.72. The van der Waals surface area contributed by atoms with E-state index in [9.17, 15) is 16.8 Å². The minimum absolute atomic E-state index is 0.292. The zero-order chi connectivity index (χ0) is 24.2. The molecule has 6 nitrogen and oxygen atoms in total. The molecule has 0 unspecified atom stereocenters. The van der Waals surface area contributed by atoms with Gasteiger partial charge in [-0.15, -0.1) is 0 Å². The Labute approximate surface area is 196 Å². The fourth-order valence-corrected chi connectivity index (χ4v) is 7.08. The topological polar surface area (TPSA) is 78.1 Å². The maximum absolute atomic E-state index is 12.2. The summed E-state index contributed by atoms with van der Waals surface area (Å²) < 4.78 is 52.3. The van der Waals surface area contributed by atoms with Gasteiger partial charge in [-0.1, -0.05) is 24.3 Å². The van der Waals surface area contributed by atoms with Crippen LogP contribution in [0.3, 0.4) is 0 Å². The molecule has 34 heavy (non-hydrogen) atoms. The average Bonchev–Trinajstić information content (AvgIpc) is 3.27. The minimum Gasteiger partial charge on any atom is -0.335 e. The first-order valence-corrected chi connectivity index (χ1v) is 14.5. The van der Waals surface area contributed by atoms with Gasteiger partial charge in [-0.3, -0.25) is 0 Å². The van der Waals surface area contributed by atoms with Crippen LogP contribution in [0.1, 0.15) is 0 Å². The van der Waals surface area contributed by atoms with Crippen molar-refractivity contribution in [1.82, 2.24) is 9.13 Å². The first-order valence-electron chi connectivity index (χ1n) is 10.7. The molecule has 0 amide bonds. The Kier molecular flexibility index (Phi) is 4.12. The Morgan fingerprint density at radius 2 is 0.882 bits per heavy atom. The molecule has 0 saturated heterocycles. The number of rotatable bonds is 2. The molecule has 4 aromatic carbocycles. The molecule has 0 aliphatic carbocycles. The van der Waals surface area contributed by atoms with Crippen molar-refractivity contribution in [3.63, 3.8) is 0 Å². The Hall–Kier alpha value is -3.36. The Morgan fingerprint density at radius 3 is 1.24 bits per heavy atom. The fourth-order valence-electron chi connectivity index (χ4n) is 5.20. The molecule has 6 aromatic rings. The molecule has 0 spiro atoms. The zero-order valence-electron chi connectivity index (χ0n) is 19.1. The highest BCUT2D eigenvalue weighted by Crippen LogP contribution is 2.36. The summed E-state index contributed by atoms with van der Waals surface area (Å²) in [6.45, 7) is 0. The van der Waals surface area contributed by atoms with Gasteiger partial charge >= 0.3 is 0 Å². The van der Waals surface area contributed by atoms with Crippen LogP contribution in [0.2, 0.25) is 0 Å². The molecule has 172 valence electrons. The molecule has 0 aliphatic rings. The highest BCUT2D eigenvalue weighted by atomic mass is 32.2. The van der Waals surface area contributed by atoms with E-state index in [2.05, 4.69) is 36.4 Å². The molecule has 0 atom stereocenters. The van der Waals surface area contributed by atoms with E-state index in [0.717, 1.165) is 54.1 Å². The maximum atomic E-state index is 12.2. The van der Waals surface area contributed by atoms with Crippen molar-refractivity contribution in [1.29, 1.82) is 0 Å². The largest absolute Gasteiger partial charge is 0.335 e. The molecule has 6 rings (SSSR count). The van der Waals surface area contributed by atoms with Crippen molar-refractivity contribution in [2.75, 3.05) is 12.5 Å². The minimum atomic E-state index is -3.34. The fraction of sp³-hybridized carbons (Fsp3) is 0.154. The van der Waals surface area contributed by atoms with Crippen molar-refractivity contribution < 1.29 is 16.8 Å². The second-order valence-electron chi connectivity index (χ2n) is 9.12. The van der Waals surface area contributed by atoms with E-state index in [-0.39, 0.29) is 0 Å². The van der Waals surface area contributed by atoms with Gasteiger partial charge in [0.1, 0.15) is 10.1 Å². The van der Waals surface area contributed by atoms with E-state index in [0.29, 0.717) is 10.1 Å². The van der Waals surface area contributed by atoms with Gasteiger partial charge in [-0.05, 0) is 68.7 Å². The summed E-state index contributed by atoms with van der Waals surface area (Å²) in [7, 11) is -3.13. The molecule has 0 radical (unpaired) electrons. The van der Waals surface area contributed by atoms with Gasteiger partial charge < -0.3 is 9.13 Å². The first kappa shape index (κ1) is 21.2. The van der Waals surface area contributed by atoms with Crippen LogP contribution in [-0.2, 0) is 33.8 Å². The standard InChI is InChI=1S/C26H22N2O4S2/c1-27-23-13-21-15(9-17(23)11-25(27)33(3,29)30)5-8-20-19(21)7-6-16-10-18-12-26(34(4,31)32)28(2)24(18)14-22(16)20/h5-14H,1-4H3. The number of nitrogens with zero attached hydrogens (tertiary/aromatic N) is 2. The monoisotopic (exact) mass is 490 g/mol. The lowest BCUT2D eigenvalue weighted by Gasteiger charge is -2.10. The maximum Gasteiger partial charge on any atom is 0.190 e. The number of aromatic nitrogens is 2. The molecule has 0 N–H and O–H groups in total. The van der Waals surface area contributed by atoms with Crippen LogP contribution in [-0.4, -0.2) is 38.5 Å². The predicted octanol–water partition coefficient (Wildman–Crippen LogP) is 4.94. The third kappa shape index (κ3) is 2.91. The Bertz CT molecular complexity index is 1930. The van der Waals surface area contributed by atoms with Crippen LogP contribution in [0, 0.1) is 0 Å². The number of fused-ring (bicyclic) bond motifs is 7. The smallest absolute Gasteiger partial charge is 0.190 e. The highest BCUT2D eigenvalue weighted by Gasteiger charge is 2.18. The number of hydrogen-bond acceptors (Lipinski definition) is 4. The predicted molar refractivity (Wildman–Crippen MR) is 138 cm³/mol. The number of hydrogen-bond donors (Lipinski definition) is 0. The molecule has 0 saturated carbocycles. The van der Waals surface area contributed by atoms with Gasteiger partial charge in [0.15, 0.2) is 19.7 Å². The third-order valence-corrected chi connectivity index (χ3v) is 9.13. The highest BCUT2D eigenvalue weighted by molar-refractivity contribution is 7.90. The van der Waals surface area contributed by atoms with Gasteiger partial charge in [0.2, 0.25) is 0 Å². The van der Waals surface area contributed by atoms with Crippen molar-refractivity contribution in [2.45, 2.75) is 10.1 Å². The van der Waals surface area contributed by atoms with E-state index in [1.807, 2.05) is 12.1 Å². The van der Waals surface area contributed by atoms with Crippen LogP contribution < -0.4 is 0 Å². The number of sulfone groups is 2. The van der Waals surface area contributed by atoms with Crippen molar-refractivity contribution in [3.05, 3.63) is 60.7 Å². The summed E-state index contributed by atoms with van der Waals surface area (Å²) >= 11 is 0. The normalized spacial score (nSPS) is 13.2. The average molecular weight is 491 g/mol. The van der Waals surface area contributed by atoms with E-state index >= 15 is 0 Å². The lowest BCUT2D eigenvalue weighted by atomic mass is 9.96. The van der Waals surface area contributed by atoms with E-state index < -0.39 is 19.7 Å². The molecule has 0 bridgehead atoms. The lowest BCUT2D eigenvalue weighted by Crippen LogP contribution is -2.03. The van der Waals surface area contributed by atoms with Crippen LogP contribution >= 0.6 is 0 Å². The molecule has 0 fully saturated rings. The van der Waals surface area contributed by atoms with Crippen LogP contribution in [0.25, 0.3) is 54.1 Å². The summed E-state index contributed by atoms with van der Waals surface area (Å²) in [4.78, 5) is 0. The second kappa shape index (κ2) is 6.61. The third-order valence-electron chi connectivity index (χ3n) is 6.83. The zero-order valence-corrected chi connectivity index (χ0v) is 20.8. The van der Waals surface area contributed by atoms with Gasteiger partial charge in [-0.25, -0.2) is 16.8 Å². The van der Waals surface area contributed by atoms with E-state index in [1.54, 1.807) is 35.4 Å². The van der Waals surface area contributed by atoms with Crippen molar-refractivity contribution in [2.24, 2.45) is 14.1 Å². The molecule has 2 heterocycles. The van der Waals surface area contributed by atoms with E-state index in [4.69, 9.17) is 0 Å². The lowest BCUT2D eigenvalue weighted by molar-refractivity contribution is 0.591. The molecule has 0 aliphatic heterocycles. The second-order valence-corrected chi connectivity index (χ2v) is 13.0. The SMILES string of the molecule is Cn1c(S(C)(=O)=O)cc2cc3ccc4c5cc6c(cc(S(C)(=O)=O)n6C)cc5ccc4c3cc21. The number of aryl methyl sites for hydroxylation is 2. The van der Waals surface area contributed by atoms with Crippen molar-refractivity contribution >= 4 is 73.8 Å². The number of benzene rings is 4. The van der Waals surface area contributed by atoms with Gasteiger partial charge in [0, 0.05) is 48.4 Å². The Morgan fingerprint density at radius 1 is 0.500 bits per heavy atom. The van der Waals surface area contributed by atoms with Gasteiger partial charge in [-0.2, -0.15) is 0 Å². The van der Waals surface area contributed by atoms with Crippen LogP contribution in [0.15, 0.2) is 70.7 Å². The van der Waals surface area contributed by atoms with Gasteiger partial charge in [0.25, 0.3) is 0 Å². The first-order chi connectivity index (χ1) is 15.9. The summed E-state index contributed by atoms with van der Waals surface area (Å²) in [5.74, 6) is 0. The summed E-state index contributed by atoms with van der Waals surface area (Å²) in [6.07, 6.45) is 2.45. The van der Waals surface area contributed by atoms with Gasteiger partial charge in [0.05, 0.1) is 0 Å². The summed E-state index contributed by atoms with van der Waals surface area (Å²) in [6, 6.07) is 19.9. The van der Waals surface area contributed by atoms with Crippen molar-refractivity contribution in [3.8, 4) is 0 Å². The molecule has 8 heteroatoms. The Balaban J connectivity index is 1.71. The van der Waals surface area contributed by atoms with E-state index in [1.165, 1.54) is 12.5 Å². The van der Waals surface area contributed by atoms with Crippen LogP contribution in [0.4, 0.5) is 0 Å². The summed E-state index contributed by atoms with van der Waals surface area (Å²) in [5, 5.41) is 8.61. The molecular formula is C26H22N2O4S2. The molecule has 2 aromatic heterocycles. The van der Waals surface area contributed by atoms with Crippen LogP contribution in [0.5, 0.6) is 0 Å². The quantitative estimate of drug-likeness (QED) is 0.322. The molecular weight excluding hydrogens is 468 g/mol.